The number of anilines is 1. The van der Waals surface area contributed by atoms with Crippen LogP contribution in [0.3, 0.4) is 0 Å². The number of methoxy groups -OCH3 is 1. The number of aromatic nitrogens is 4. The highest BCUT2D eigenvalue weighted by molar-refractivity contribution is 5.93. The van der Waals surface area contributed by atoms with Crippen molar-refractivity contribution in [3.8, 4) is 17.1 Å². The minimum atomic E-state index is -0.0326. The third-order valence-electron chi connectivity index (χ3n) is 4.50. The van der Waals surface area contributed by atoms with Gasteiger partial charge in [0.05, 0.1) is 31.0 Å². The van der Waals surface area contributed by atoms with Gasteiger partial charge in [0.1, 0.15) is 29.7 Å². The molecule has 0 spiro atoms. The predicted octanol–water partition coefficient (Wildman–Crippen LogP) is 2.27. The number of morpholine rings is 1. The number of hydrogen-bond acceptors (Lipinski definition) is 7. The number of H-pyrrole nitrogens is 1. The second kappa shape index (κ2) is 7.89. The van der Waals surface area contributed by atoms with Crippen LogP contribution in [0.5, 0.6) is 5.75 Å². The van der Waals surface area contributed by atoms with Gasteiger partial charge in [-0.2, -0.15) is 5.10 Å². The Hall–Kier alpha value is -2.71. The van der Waals surface area contributed by atoms with E-state index in [0.717, 1.165) is 46.9 Å². The number of rotatable bonds is 6. The molecule has 0 radical (unpaired) electrons. The fourth-order valence-electron chi connectivity index (χ4n) is 3.20. The van der Waals surface area contributed by atoms with Crippen LogP contribution in [0, 0.1) is 0 Å². The molecule has 3 aromatic rings. The molecule has 0 amide bonds. The van der Waals surface area contributed by atoms with Gasteiger partial charge in [0.15, 0.2) is 0 Å². The Bertz CT molecular complexity index is 907. The second-order valence-corrected chi connectivity index (χ2v) is 6.52. The standard InChI is InChI=1S/C19H23N5O3/c1-13(11-25-2)27-14-3-4-16-15(9-14)19(23-22-16)17-10-18(21-12-20-17)24-5-7-26-8-6-24/h3-4,9-10,12-13H,5-8,11H2,1-2H3,(H,22,23). The van der Waals surface area contributed by atoms with Crippen LogP contribution in [-0.4, -0.2) is 66.3 Å². The number of nitrogens with zero attached hydrogens (tertiary/aromatic N) is 4. The van der Waals surface area contributed by atoms with E-state index in [0.29, 0.717) is 19.8 Å². The number of ether oxygens (including phenoxy) is 3. The molecule has 1 aromatic carbocycles. The maximum absolute atomic E-state index is 5.92. The van der Waals surface area contributed by atoms with Crippen LogP contribution in [-0.2, 0) is 9.47 Å². The maximum Gasteiger partial charge on any atom is 0.132 e. The monoisotopic (exact) mass is 369 g/mol. The minimum Gasteiger partial charge on any atom is -0.488 e. The van der Waals surface area contributed by atoms with E-state index >= 15 is 0 Å². The molecule has 142 valence electrons. The molecule has 3 heterocycles. The van der Waals surface area contributed by atoms with E-state index in [9.17, 15) is 0 Å². The van der Waals surface area contributed by atoms with Crippen molar-refractivity contribution in [2.75, 3.05) is 44.9 Å². The van der Waals surface area contributed by atoms with Crippen molar-refractivity contribution in [2.45, 2.75) is 13.0 Å². The Morgan fingerprint density at radius 3 is 2.89 bits per heavy atom. The van der Waals surface area contributed by atoms with Crippen LogP contribution in [0.1, 0.15) is 6.92 Å². The highest BCUT2D eigenvalue weighted by Gasteiger charge is 2.16. The number of hydrogen-bond donors (Lipinski definition) is 1. The third kappa shape index (κ3) is 3.86. The van der Waals surface area contributed by atoms with E-state index in [1.807, 2.05) is 31.2 Å². The Balaban J connectivity index is 1.65. The van der Waals surface area contributed by atoms with Crippen LogP contribution in [0.4, 0.5) is 5.82 Å². The molecule has 2 aromatic heterocycles. The minimum absolute atomic E-state index is 0.0326. The lowest BCUT2D eigenvalue weighted by Crippen LogP contribution is -2.36. The molecular formula is C19H23N5O3. The number of aromatic amines is 1. The van der Waals surface area contributed by atoms with Gasteiger partial charge < -0.3 is 19.1 Å². The topological polar surface area (TPSA) is 85.4 Å². The molecule has 1 aliphatic rings. The summed E-state index contributed by atoms with van der Waals surface area (Å²) >= 11 is 0. The molecule has 0 aliphatic carbocycles. The highest BCUT2D eigenvalue weighted by atomic mass is 16.5. The zero-order chi connectivity index (χ0) is 18.6. The lowest BCUT2D eigenvalue weighted by molar-refractivity contribution is 0.0922. The van der Waals surface area contributed by atoms with Gasteiger partial charge >= 0.3 is 0 Å². The zero-order valence-corrected chi connectivity index (χ0v) is 15.5. The van der Waals surface area contributed by atoms with Gasteiger partial charge in [0.2, 0.25) is 0 Å². The van der Waals surface area contributed by atoms with Crippen LogP contribution >= 0.6 is 0 Å². The van der Waals surface area contributed by atoms with Crippen molar-refractivity contribution in [3.63, 3.8) is 0 Å². The molecular weight excluding hydrogens is 346 g/mol. The van der Waals surface area contributed by atoms with Crippen LogP contribution in [0.25, 0.3) is 22.3 Å². The first kappa shape index (κ1) is 17.7. The van der Waals surface area contributed by atoms with E-state index in [4.69, 9.17) is 14.2 Å². The predicted molar refractivity (Wildman–Crippen MR) is 102 cm³/mol. The van der Waals surface area contributed by atoms with Gasteiger partial charge in [-0.05, 0) is 25.1 Å². The third-order valence-corrected chi connectivity index (χ3v) is 4.50. The van der Waals surface area contributed by atoms with Crippen LogP contribution in [0.2, 0.25) is 0 Å². The van der Waals surface area contributed by atoms with Crippen molar-refractivity contribution in [1.82, 2.24) is 20.2 Å². The lowest BCUT2D eigenvalue weighted by atomic mass is 10.1. The summed E-state index contributed by atoms with van der Waals surface area (Å²) in [5.41, 5.74) is 2.50. The van der Waals surface area contributed by atoms with Crippen LogP contribution in [0.15, 0.2) is 30.6 Å². The highest BCUT2D eigenvalue weighted by Crippen LogP contribution is 2.29. The summed E-state index contributed by atoms with van der Waals surface area (Å²) < 4.78 is 16.5. The molecule has 0 bridgehead atoms. The first-order valence-electron chi connectivity index (χ1n) is 9.03. The van der Waals surface area contributed by atoms with Crippen molar-refractivity contribution < 1.29 is 14.2 Å². The summed E-state index contributed by atoms with van der Waals surface area (Å²) in [4.78, 5) is 11.0. The summed E-state index contributed by atoms with van der Waals surface area (Å²) in [7, 11) is 1.67. The molecule has 4 rings (SSSR count). The SMILES string of the molecule is COCC(C)Oc1ccc2[nH]nc(-c3cc(N4CCOCC4)ncn3)c2c1. The lowest BCUT2D eigenvalue weighted by Gasteiger charge is -2.27. The van der Waals surface area contributed by atoms with Crippen molar-refractivity contribution in [2.24, 2.45) is 0 Å². The van der Waals surface area contributed by atoms with E-state index in [2.05, 4.69) is 25.1 Å². The fraction of sp³-hybridized carbons (Fsp3) is 0.421. The summed E-state index contributed by atoms with van der Waals surface area (Å²) in [5, 5.41) is 8.50. The molecule has 1 unspecified atom stereocenters. The van der Waals surface area contributed by atoms with Gasteiger partial charge in [0, 0.05) is 31.7 Å². The molecule has 1 aliphatic heterocycles. The quantitative estimate of drug-likeness (QED) is 0.713. The van der Waals surface area contributed by atoms with Gasteiger partial charge in [0.25, 0.3) is 0 Å². The fourth-order valence-corrected chi connectivity index (χ4v) is 3.20. The first-order chi connectivity index (χ1) is 13.2. The van der Waals surface area contributed by atoms with E-state index in [1.54, 1.807) is 13.4 Å². The molecule has 1 N–H and O–H groups in total. The van der Waals surface area contributed by atoms with Crippen molar-refractivity contribution in [3.05, 3.63) is 30.6 Å². The molecule has 8 heteroatoms. The molecule has 1 atom stereocenters. The summed E-state index contributed by atoms with van der Waals surface area (Å²) in [6.07, 6.45) is 1.55. The molecule has 1 saturated heterocycles. The largest absolute Gasteiger partial charge is 0.488 e. The second-order valence-electron chi connectivity index (χ2n) is 6.52. The summed E-state index contributed by atoms with van der Waals surface area (Å²) in [6.45, 7) is 5.59. The van der Waals surface area contributed by atoms with Gasteiger partial charge in [-0.3, -0.25) is 5.10 Å². The molecule has 8 nitrogen and oxygen atoms in total. The Kier molecular flexibility index (Phi) is 5.17. The Morgan fingerprint density at radius 2 is 2.07 bits per heavy atom. The number of fused-ring (bicyclic) bond motifs is 1. The normalized spacial score (nSPS) is 15.9. The zero-order valence-electron chi connectivity index (χ0n) is 15.5. The van der Waals surface area contributed by atoms with Crippen molar-refractivity contribution in [1.29, 1.82) is 0 Å². The molecule has 1 fully saturated rings. The Labute approximate surface area is 157 Å². The van der Waals surface area contributed by atoms with E-state index < -0.39 is 0 Å². The summed E-state index contributed by atoms with van der Waals surface area (Å²) in [6, 6.07) is 7.85. The number of benzene rings is 1. The van der Waals surface area contributed by atoms with E-state index in [-0.39, 0.29) is 6.10 Å². The van der Waals surface area contributed by atoms with Gasteiger partial charge in [-0.25, -0.2) is 9.97 Å². The van der Waals surface area contributed by atoms with Crippen molar-refractivity contribution >= 4 is 16.7 Å². The van der Waals surface area contributed by atoms with Gasteiger partial charge in [-0.1, -0.05) is 0 Å². The van der Waals surface area contributed by atoms with Crippen LogP contribution < -0.4 is 9.64 Å². The molecule has 0 saturated carbocycles. The number of nitrogens with one attached hydrogen (secondary N) is 1. The average Bonchev–Trinajstić information content (AvgIpc) is 3.12. The maximum atomic E-state index is 5.92. The molecule has 27 heavy (non-hydrogen) atoms. The first-order valence-corrected chi connectivity index (χ1v) is 9.03. The smallest absolute Gasteiger partial charge is 0.132 e. The summed E-state index contributed by atoms with van der Waals surface area (Å²) in [5.74, 6) is 1.66. The van der Waals surface area contributed by atoms with E-state index in [1.165, 1.54) is 0 Å². The Morgan fingerprint density at radius 1 is 1.22 bits per heavy atom. The average molecular weight is 369 g/mol. The van der Waals surface area contributed by atoms with Gasteiger partial charge in [-0.15, -0.1) is 0 Å².